The lowest BCUT2D eigenvalue weighted by Gasteiger charge is -2.37. The van der Waals surface area contributed by atoms with E-state index < -0.39 is 5.60 Å². The summed E-state index contributed by atoms with van der Waals surface area (Å²) in [4.78, 5) is 18.9. The fourth-order valence-corrected chi connectivity index (χ4v) is 3.53. The molecule has 3 rings (SSSR count). The number of aromatic nitrogens is 1. The minimum Gasteiger partial charge on any atom is -0.381 e. The van der Waals surface area contributed by atoms with E-state index in [1.54, 1.807) is 7.11 Å². The molecule has 0 saturated carbocycles. The highest BCUT2D eigenvalue weighted by Crippen LogP contribution is 2.30. The van der Waals surface area contributed by atoms with Crippen LogP contribution in [0.3, 0.4) is 0 Å². The van der Waals surface area contributed by atoms with Gasteiger partial charge in [0.2, 0.25) is 0 Å². The molecule has 2 aliphatic rings. The second-order valence-electron chi connectivity index (χ2n) is 6.28. The van der Waals surface area contributed by atoms with Crippen molar-refractivity contribution in [3.8, 4) is 0 Å². The van der Waals surface area contributed by atoms with Gasteiger partial charge in [0.25, 0.3) is 5.91 Å². The van der Waals surface area contributed by atoms with Crippen LogP contribution < -0.4 is 0 Å². The number of rotatable bonds is 4. The molecule has 2 saturated heterocycles. The second kappa shape index (κ2) is 6.75. The molecule has 1 aromatic heterocycles. The van der Waals surface area contributed by atoms with Gasteiger partial charge in [0.05, 0.1) is 0 Å². The molecule has 0 bridgehead atoms. The first-order valence-corrected chi connectivity index (χ1v) is 8.05. The number of amides is 1. The zero-order valence-corrected chi connectivity index (χ0v) is 13.2. The SMILES string of the molecule is COC1(C(=O)N2CCC(Cc3ccncc3)C2)CCOCC1. The van der Waals surface area contributed by atoms with E-state index in [-0.39, 0.29) is 5.91 Å². The van der Waals surface area contributed by atoms with Crippen LogP contribution in [0.4, 0.5) is 0 Å². The first kappa shape index (κ1) is 15.4. The number of nitrogens with zero attached hydrogens (tertiary/aromatic N) is 2. The van der Waals surface area contributed by atoms with E-state index in [9.17, 15) is 4.79 Å². The van der Waals surface area contributed by atoms with Gasteiger partial charge in [-0.1, -0.05) is 0 Å². The van der Waals surface area contributed by atoms with Gasteiger partial charge in [-0.2, -0.15) is 0 Å². The molecule has 0 aliphatic carbocycles. The number of hydrogen-bond acceptors (Lipinski definition) is 4. The highest BCUT2D eigenvalue weighted by Gasteiger charge is 2.44. The molecule has 0 radical (unpaired) electrons. The van der Waals surface area contributed by atoms with Crippen LogP contribution in [0.25, 0.3) is 0 Å². The van der Waals surface area contributed by atoms with Gasteiger partial charge in [-0.3, -0.25) is 9.78 Å². The van der Waals surface area contributed by atoms with Crippen LogP contribution in [-0.4, -0.2) is 54.8 Å². The highest BCUT2D eigenvalue weighted by molar-refractivity contribution is 5.85. The van der Waals surface area contributed by atoms with E-state index in [4.69, 9.17) is 9.47 Å². The Morgan fingerprint density at radius 2 is 2.14 bits per heavy atom. The predicted octanol–water partition coefficient (Wildman–Crippen LogP) is 1.67. The summed E-state index contributed by atoms with van der Waals surface area (Å²) < 4.78 is 11.0. The maximum Gasteiger partial charge on any atom is 0.254 e. The zero-order chi connectivity index (χ0) is 15.4. The van der Waals surface area contributed by atoms with Crippen molar-refractivity contribution in [1.82, 2.24) is 9.88 Å². The highest BCUT2D eigenvalue weighted by atomic mass is 16.5. The van der Waals surface area contributed by atoms with Gasteiger partial charge in [0, 0.05) is 58.6 Å². The van der Waals surface area contributed by atoms with Gasteiger partial charge >= 0.3 is 0 Å². The average Bonchev–Trinajstić information content (AvgIpc) is 3.04. The summed E-state index contributed by atoms with van der Waals surface area (Å²) in [5.74, 6) is 0.677. The monoisotopic (exact) mass is 304 g/mol. The van der Waals surface area contributed by atoms with Gasteiger partial charge < -0.3 is 14.4 Å². The third-order valence-electron chi connectivity index (χ3n) is 4.93. The lowest BCUT2D eigenvalue weighted by molar-refractivity contribution is -0.165. The van der Waals surface area contributed by atoms with Crippen LogP contribution in [0.1, 0.15) is 24.8 Å². The summed E-state index contributed by atoms with van der Waals surface area (Å²) in [6.45, 7) is 2.87. The lowest BCUT2D eigenvalue weighted by atomic mass is 9.92. The van der Waals surface area contributed by atoms with E-state index in [0.717, 1.165) is 25.9 Å². The number of pyridine rings is 1. The quantitative estimate of drug-likeness (QED) is 0.849. The van der Waals surface area contributed by atoms with Gasteiger partial charge in [-0.05, 0) is 36.5 Å². The standard InChI is InChI=1S/C17H24N2O3/c1-21-17(5-10-22-11-6-17)16(20)19-9-4-15(13-19)12-14-2-7-18-8-3-14/h2-3,7-8,15H,4-6,9-13H2,1H3. The number of carbonyl (C=O) groups is 1. The topological polar surface area (TPSA) is 51.7 Å². The molecule has 5 nitrogen and oxygen atoms in total. The fourth-order valence-electron chi connectivity index (χ4n) is 3.53. The molecule has 1 aromatic rings. The van der Waals surface area contributed by atoms with Crippen molar-refractivity contribution < 1.29 is 14.3 Å². The number of carbonyl (C=O) groups excluding carboxylic acids is 1. The number of likely N-dealkylation sites (tertiary alicyclic amines) is 1. The molecule has 0 aromatic carbocycles. The maximum atomic E-state index is 12.9. The lowest BCUT2D eigenvalue weighted by Crippen LogP contribution is -2.52. The summed E-state index contributed by atoms with van der Waals surface area (Å²) >= 11 is 0. The normalized spacial score (nSPS) is 24.4. The van der Waals surface area contributed by atoms with Crippen molar-refractivity contribution in [2.24, 2.45) is 5.92 Å². The van der Waals surface area contributed by atoms with Gasteiger partial charge in [0.1, 0.15) is 0 Å². The van der Waals surface area contributed by atoms with Crippen molar-refractivity contribution >= 4 is 5.91 Å². The molecule has 3 heterocycles. The first-order chi connectivity index (χ1) is 10.7. The third-order valence-corrected chi connectivity index (χ3v) is 4.93. The Morgan fingerprint density at radius 1 is 1.41 bits per heavy atom. The molecule has 2 aliphatic heterocycles. The van der Waals surface area contributed by atoms with Crippen LogP contribution in [0.2, 0.25) is 0 Å². The average molecular weight is 304 g/mol. The number of methoxy groups -OCH3 is 1. The Morgan fingerprint density at radius 3 is 2.82 bits per heavy atom. The second-order valence-corrected chi connectivity index (χ2v) is 6.28. The largest absolute Gasteiger partial charge is 0.381 e. The van der Waals surface area contributed by atoms with Crippen LogP contribution >= 0.6 is 0 Å². The van der Waals surface area contributed by atoms with E-state index in [1.807, 2.05) is 17.3 Å². The predicted molar refractivity (Wildman–Crippen MR) is 82.4 cm³/mol. The molecule has 0 N–H and O–H groups in total. The summed E-state index contributed by atoms with van der Waals surface area (Å²) in [6.07, 6.45) is 7.05. The zero-order valence-electron chi connectivity index (χ0n) is 13.2. The third kappa shape index (κ3) is 3.15. The Labute approximate surface area is 131 Å². The van der Waals surface area contributed by atoms with Crippen molar-refractivity contribution in [3.05, 3.63) is 30.1 Å². The first-order valence-electron chi connectivity index (χ1n) is 8.05. The smallest absolute Gasteiger partial charge is 0.254 e. The summed E-state index contributed by atoms with van der Waals surface area (Å²) in [7, 11) is 1.65. The Bertz CT molecular complexity index is 500. The van der Waals surface area contributed by atoms with Crippen LogP contribution in [-0.2, 0) is 20.7 Å². The van der Waals surface area contributed by atoms with E-state index in [2.05, 4.69) is 17.1 Å². The van der Waals surface area contributed by atoms with Crippen molar-refractivity contribution in [1.29, 1.82) is 0 Å². The van der Waals surface area contributed by atoms with E-state index in [0.29, 0.717) is 32.0 Å². The molecular formula is C17H24N2O3. The molecule has 0 spiro atoms. The van der Waals surface area contributed by atoms with E-state index >= 15 is 0 Å². The summed E-state index contributed by atoms with van der Waals surface area (Å²) in [5, 5.41) is 0. The Hall–Kier alpha value is -1.46. The van der Waals surface area contributed by atoms with Crippen LogP contribution in [0.15, 0.2) is 24.5 Å². The molecule has 22 heavy (non-hydrogen) atoms. The molecule has 1 atom stereocenters. The molecular weight excluding hydrogens is 280 g/mol. The van der Waals surface area contributed by atoms with Gasteiger partial charge in [-0.25, -0.2) is 0 Å². The van der Waals surface area contributed by atoms with Crippen LogP contribution in [0, 0.1) is 5.92 Å². The van der Waals surface area contributed by atoms with Crippen molar-refractivity contribution in [3.63, 3.8) is 0 Å². The van der Waals surface area contributed by atoms with Crippen LogP contribution in [0.5, 0.6) is 0 Å². The minimum atomic E-state index is -0.663. The molecule has 2 fully saturated rings. The number of hydrogen-bond donors (Lipinski definition) is 0. The van der Waals surface area contributed by atoms with Gasteiger partial charge in [-0.15, -0.1) is 0 Å². The maximum absolute atomic E-state index is 12.9. The minimum absolute atomic E-state index is 0.149. The summed E-state index contributed by atoms with van der Waals surface area (Å²) in [5.41, 5.74) is 0.630. The van der Waals surface area contributed by atoms with Crippen molar-refractivity contribution in [2.45, 2.75) is 31.3 Å². The Kier molecular flexibility index (Phi) is 4.74. The van der Waals surface area contributed by atoms with Gasteiger partial charge in [0.15, 0.2) is 5.60 Å². The fraction of sp³-hybridized carbons (Fsp3) is 0.647. The van der Waals surface area contributed by atoms with Crippen molar-refractivity contribution in [2.75, 3.05) is 33.4 Å². The molecule has 5 heteroatoms. The Balaban J connectivity index is 1.60. The van der Waals surface area contributed by atoms with E-state index in [1.165, 1.54) is 5.56 Å². The molecule has 120 valence electrons. The number of ether oxygens (including phenoxy) is 2. The molecule has 1 amide bonds. The summed E-state index contributed by atoms with van der Waals surface area (Å²) in [6, 6.07) is 4.11. The molecule has 1 unspecified atom stereocenters.